The van der Waals surface area contributed by atoms with E-state index in [9.17, 15) is 4.79 Å². The van der Waals surface area contributed by atoms with Crippen LogP contribution in [0.5, 0.6) is 5.75 Å². The maximum Gasteiger partial charge on any atom is 0.198 e. The van der Waals surface area contributed by atoms with Gasteiger partial charge in [-0.2, -0.15) is 0 Å². The van der Waals surface area contributed by atoms with Crippen LogP contribution in [0.2, 0.25) is 0 Å². The molecule has 0 bridgehead atoms. The Bertz CT molecular complexity index is 675. The first-order chi connectivity index (χ1) is 9.43. The summed E-state index contributed by atoms with van der Waals surface area (Å²) in [5.74, 6) is 0.607. The standard InChI is InChI=1S/C17H17BrO2/c1-10-5-6-14(18)13(8-10)17(19)16-12(3)7-11(2)9-15(16)20-4/h5-9H,1-4H3. The molecule has 3 heteroatoms. The van der Waals surface area contributed by atoms with Crippen molar-refractivity contribution in [1.82, 2.24) is 0 Å². The van der Waals surface area contributed by atoms with E-state index >= 15 is 0 Å². The number of carbonyl (C=O) groups is 1. The molecule has 2 aromatic carbocycles. The van der Waals surface area contributed by atoms with Crippen LogP contribution in [0.15, 0.2) is 34.8 Å². The summed E-state index contributed by atoms with van der Waals surface area (Å²) < 4.78 is 6.18. The van der Waals surface area contributed by atoms with E-state index < -0.39 is 0 Å². The summed E-state index contributed by atoms with van der Waals surface area (Å²) in [6.07, 6.45) is 0. The van der Waals surface area contributed by atoms with Crippen LogP contribution in [0.1, 0.15) is 32.6 Å². The van der Waals surface area contributed by atoms with Crippen molar-refractivity contribution in [3.05, 3.63) is 62.6 Å². The van der Waals surface area contributed by atoms with E-state index in [1.54, 1.807) is 7.11 Å². The molecule has 0 spiro atoms. The van der Waals surface area contributed by atoms with Crippen molar-refractivity contribution in [2.24, 2.45) is 0 Å². The summed E-state index contributed by atoms with van der Waals surface area (Å²) in [6.45, 7) is 5.90. The molecule has 0 amide bonds. The molecule has 2 aromatic rings. The minimum absolute atomic E-state index is 0.0186. The van der Waals surface area contributed by atoms with Crippen LogP contribution in [0.4, 0.5) is 0 Å². The fraction of sp³-hybridized carbons (Fsp3) is 0.235. The van der Waals surface area contributed by atoms with Gasteiger partial charge in [0.15, 0.2) is 5.78 Å². The van der Waals surface area contributed by atoms with Crippen LogP contribution in [-0.2, 0) is 0 Å². The molecule has 2 nitrogen and oxygen atoms in total. The van der Waals surface area contributed by atoms with Gasteiger partial charge in [0.05, 0.1) is 12.7 Å². The van der Waals surface area contributed by atoms with Gasteiger partial charge in [-0.05, 0) is 50.1 Å². The number of aryl methyl sites for hydroxylation is 3. The summed E-state index contributed by atoms with van der Waals surface area (Å²) in [4.78, 5) is 12.8. The summed E-state index contributed by atoms with van der Waals surface area (Å²) in [6, 6.07) is 9.66. The maximum atomic E-state index is 12.8. The Kier molecular flexibility index (Phi) is 4.29. The van der Waals surface area contributed by atoms with Crippen molar-refractivity contribution in [2.75, 3.05) is 7.11 Å². The first-order valence-electron chi connectivity index (χ1n) is 6.40. The van der Waals surface area contributed by atoms with Gasteiger partial charge in [0.1, 0.15) is 5.75 Å². The predicted molar refractivity (Wildman–Crippen MR) is 84.8 cm³/mol. The highest BCUT2D eigenvalue weighted by molar-refractivity contribution is 9.10. The fourth-order valence-electron chi connectivity index (χ4n) is 2.33. The number of hydrogen-bond donors (Lipinski definition) is 0. The molecule has 104 valence electrons. The average Bonchev–Trinajstić information content (AvgIpc) is 2.40. The maximum absolute atomic E-state index is 12.8. The van der Waals surface area contributed by atoms with Gasteiger partial charge in [0.25, 0.3) is 0 Å². The van der Waals surface area contributed by atoms with Crippen molar-refractivity contribution in [3.8, 4) is 5.75 Å². The molecule has 2 rings (SSSR count). The van der Waals surface area contributed by atoms with Crippen LogP contribution in [-0.4, -0.2) is 12.9 Å². The molecule has 20 heavy (non-hydrogen) atoms. The molecule has 0 aliphatic carbocycles. The number of rotatable bonds is 3. The van der Waals surface area contributed by atoms with Gasteiger partial charge in [-0.1, -0.05) is 33.6 Å². The largest absolute Gasteiger partial charge is 0.496 e. The number of ketones is 1. The zero-order valence-corrected chi connectivity index (χ0v) is 13.7. The molecule has 0 aliphatic rings. The summed E-state index contributed by atoms with van der Waals surface area (Å²) in [5, 5.41) is 0. The van der Waals surface area contributed by atoms with Crippen molar-refractivity contribution >= 4 is 21.7 Å². The molecule has 0 saturated heterocycles. The van der Waals surface area contributed by atoms with Gasteiger partial charge in [-0.25, -0.2) is 0 Å². The van der Waals surface area contributed by atoms with E-state index in [0.717, 1.165) is 21.2 Å². The smallest absolute Gasteiger partial charge is 0.198 e. The van der Waals surface area contributed by atoms with E-state index in [1.807, 2.05) is 51.1 Å². The first-order valence-corrected chi connectivity index (χ1v) is 7.19. The Labute approximate surface area is 127 Å². The predicted octanol–water partition coefficient (Wildman–Crippen LogP) is 4.61. The van der Waals surface area contributed by atoms with E-state index in [1.165, 1.54) is 0 Å². The number of ether oxygens (including phenoxy) is 1. The van der Waals surface area contributed by atoms with Gasteiger partial charge < -0.3 is 4.74 Å². The molecule has 0 N–H and O–H groups in total. The Morgan fingerprint density at radius 2 is 1.75 bits per heavy atom. The van der Waals surface area contributed by atoms with E-state index in [-0.39, 0.29) is 5.78 Å². The second-order valence-electron chi connectivity index (χ2n) is 4.97. The molecule has 0 aromatic heterocycles. The zero-order valence-electron chi connectivity index (χ0n) is 12.1. The Morgan fingerprint density at radius 3 is 2.40 bits per heavy atom. The second kappa shape index (κ2) is 5.80. The Hall–Kier alpha value is -1.61. The Morgan fingerprint density at radius 1 is 1.05 bits per heavy atom. The minimum Gasteiger partial charge on any atom is -0.496 e. The van der Waals surface area contributed by atoms with Crippen LogP contribution >= 0.6 is 15.9 Å². The van der Waals surface area contributed by atoms with Crippen LogP contribution in [0.25, 0.3) is 0 Å². The number of hydrogen-bond acceptors (Lipinski definition) is 2. The fourth-order valence-corrected chi connectivity index (χ4v) is 2.76. The summed E-state index contributed by atoms with van der Waals surface area (Å²) in [5.41, 5.74) is 4.36. The molecule has 0 radical (unpaired) electrons. The molecule has 0 atom stereocenters. The van der Waals surface area contributed by atoms with E-state index in [4.69, 9.17) is 4.74 Å². The lowest BCUT2D eigenvalue weighted by Gasteiger charge is -2.13. The third-order valence-corrected chi connectivity index (χ3v) is 3.95. The van der Waals surface area contributed by atoms with Gasteiger partial charge in [-0.15, -0.1) is 0 Å². The van der Waals surface area contributed by atoms with E-state index in [0.29, 0.717) is 16.9 Å². The SMILES string of the molecule is COc1cc(C)cc(C)c1C(=O)c1cc(C)ccc1Br. The molecule has 0 heterocycles. The molecule has 0 unspecified atom stereocenters. The number of carbonyl (C=O) groups excluding carboxylic acids is 1. The third kappa shape index (κ3) is 2.78. The quantitative estimate of drug-likeness (QED) is 0.767. The summed E-state index contributed by atoms with van der Waals surface area (Å²) in [7, 11) is 1.59. The van der Waals surface area contributed by atoms with Crippen molar-refractivity contribution < 1.29 is 9.53 Å². The average molecular weight is 333 g/mol. The van der Waals surface area contributed by atoms with Gasteiger partial charge in [-0.3, -0.25) is 4.79 Å². The second-order valence-corrected chi connectivity index (χ2v) is 5.83. The van der Waals surface area contributed by atoms with Gasteiger partial charge in [0, 0.05) is 10.0 Å². The molecular formula is C17H17BrO2. The van der Waals surface area contributed by atoms with Crippen molar-refractivity contribution in [1.29, 1.82) is 0 Å². The lowest BCUT2D eigenvalue weighted by Crippen LogP contribution is -2.08. The van der Waals surface area contributed by atoms with Crippen LogP contribution < -0.4 is 4.74 Å². The first kappa shape index (κ1) is 14.8. The van der Waals surface area contributed by atoms with Gasteiger partial charge in [0.2, 0.25) is 0 Å². The van der Waals surface area contributed by atoms with Crippen LogP contribution in [0, 0.1) is 20.8 Å². The molecule has 0 saturated carbocycles. The minimum atomic E-state index is -0.0186. The van der Waals surface area contributed by atoms with Crippen molar-refractivity contribution in [3.63, 3.8) is 0 Å². The number of halogens is 1. The van der Waals surface area contributed by atoms with Gasteiger partial charge >= 0.3 is 0 Å². The number of benzene rings is 2. The zero-order chi connectivity index (χ0) is 14.9. The molecular weight excluding hydrogens is 316 g/mol. The monoisotopic (exact) mass is 332 g/mol. The Balaban J connectivity index is 2.62. The van der Waals surface area contributed by atoms with Crippen molar-refractivity contribution in [2.45, 2.75) is 20.8 Å². The van der Waals surface area contributed by atoms with E-state index in [2.05, 4.69) is 15.9 Å². The topological polar surface area (TPSA) is 26.3 Å². The number of methoxy groups -OCH3 is 1. The summed E-state index contributed by atoms with van der Waals surface area (Å²) >= 11 is 3.45. The lowest BCUT2D eigenvalue weighted by molar-refractivity contribution is 0.103. The molecule has 0 fully saturated rings. The third-order valence-electron chi connectivity index (χ3n) is 3.26. The normalized spacial score (nSPS) is 10.4. The van der Waals surface area contributed by atoms with Crippen LogP contribution in [0.3, 0.4) is 0 Å². The highest BCUT2D eigenvalue weighted by atomic mass is 79.9. The highest BCUT2D eigenvalue weighted by Gasteiger charge is 2.19. The lowest BCUT2D eigenvalue weighted by atomic mass is 9.95. The highest BCUT2D eigenvalue weighted by Crippen LogP contribution is 2.29. The molecule has 0 aliphatic heterocycles.